The SMILES string of the molecule is CCC(C)C(=O)Nc1cccc(CNC2=NCC(C)N2)c1. The average Bonchev–Trinajstić information content (AvgIpc) is 2.90. The van der Waals surface area contributed by atoms with Crippen LogP contribution in [0.1, 0.15) is 32.8 Å². The molecule has 5 nitrogen and oxygen atoms in total. The Labute approximate surface area is 126 Å². The van der Waals surface area contributed by atoms with E-state index in [1.54, 1.807) is 0 Å². The molecule has 1 heterocycles. The van der Waals surface area contributed by atoms with Crippen LogP contribution in [-0.4, -0.2) is 24.5 Å². The maximum absolute atomic E-state index is 11.9. The molecule has 0 aromatic heterocycles. The normalized spacial score (nSPS) is 18.6. The van der Waals surface area contributed by atoms with Crippen LogP contribution in [0.5, 0.6) is 0 Å². The first-order valence-electron chi connectivity index (χ1n) is 7.53. The quantitative estimate of drug-likeness (QED) is 0.777. The van der Waals surface area contributed by atoms with E-state index in [-0.39, 0.29) is 11.8 Å². The lowest BCUT2D eigenvalue weighted by Crippen LogP contribution is -2.37. The molecule has 0 fully saturated rings. The molecule has 0 spiro atoms. The highest BCUT2D eigenvalue weighted by molar-refractivity contribution is 5.92. The summed E-state index contributed by atoms with van der Waals surface area (Å²) in [4.78, 5) is 16.3. The van der Waals surface area contributed by atoms with E-state index in [2.05, 4.69) is 27.9 Å². The third-order valence-corrected chi connectivity index (χ3v) is 3.62. The molecule has 2 unspecified atom stereocenters. The predicted molar refractivity (Wildman–Crippen MR) is 86.3 cm³/mol. The van der Waals surface area contributed by atoms with Crippen molar-refractivity contribution in [2.75, 3.05) is 11.9 Å². The Balaban J connectivity index is 1.90. The van der Waals surface area contributed by atoms with E-state index in [4.69, 9.17) is 0 Å². The van der Waals surface area contributed by atoms with Crippen molar-refractivity contribution in [3.05, 3.63) is 29.8 Å². The van der Waals surface area contributed by atoms with Gasteiger partial charge in [0.15, 0.2) is 5.96 Å². The molecule has 0 saturated heterocycles. The molecule has 1 aliphatic heterocycles. The molecule has 2 rings (SSSR count). The van der Waals surface area contributed by atoms with E-state index >= 15 is 0 Å². The topological polar surface area (TPSA) is 65.5 Å². The summed E-state index contributed by atoms with van der Waals surface area (Å²) >= 11 is 0. The number of guanidine groups is 1. The molecule has 21 heavy (non-hydrogen) atoms. The minimum absolute atomic E-state index is 0.0327. The summed E-state index contributed by atoms with van der Waals surface area (Å²) in [6.07, 6.45) is 0.844. The van der Waals surface area contributed by atoms with Gasteiger partial charge in [-0.15, -0.1) is 0 Å². The van der Waals surface area contributed by atoms with Crippen LogP contribution in [0.25, 0.3) is 0 Å². The number of amides is 1. The van der Waals surface area contributed by atoms with Gasteiger partial charge in [-0.1, -0.05) is 26.0 Å². The molecule has 1 aliphatic rings. The van der Waals surface area contributed by atoms with E-state index in [1.165, 1.54) is 0 Å². The molecule has 5 heteroatoms. The van der Waals surface area contributed by atoms with Crippen molar-refractivity contribution >= 4 is 17.6 Å². The van der Waals surface area contributed by atoms with Crippen molar-refractivity contribution in [1.82, 2.24) is 10.6 Å². The molecule has 1 aromatic rings. The average molecular weight is 288 g/mol. The number of nitrogens with zero attached hydrogens (tertiary/aromatic N) is 1. The summed E-state index contributed by atoms with van der Waals surface area (Å²) in [5, 5.41) is 9.49. The molecule has 2 atom stereocenters. The lowest BCUT2D eigenvalue weighted by Gasteiger charge is -2.12. The van der Waals surface area contributed by atoms with Gasteiger partial charge >= 0.3 is 0 Å². The van der Waals surface area contributed by atoms with Crippen molar-refractivity contribution in [3.8, 4) is 0 Å². The lowest BCUT2D eigenvalue weighted by molar-refractivity contribution is -0.119. The molecular formula is C16H24N4O. The highest BCUT2D eigenvalue weighted by Gasteiger charge is 2.12. The number of nitrogens with one attached hydrogen (secondary N) is 3. The number of aliphatic imine (C=N–C) groups is 1. The zero-order valence-electron chi connectivity index (χ0n) is 12.9. The second-order valence-electron chi connectivity index (χ2n) is 5.59. The van der Waals surface area contributed by atoms with Crippen LogP contribution < -0.4 is 16.0 Å². The Morgan fingerprint density at radius 3 is 3.00 bits per heavy atom. The van der Waals surface area contributed by atoms with Crippen molar-refractivity contribution in [3.63, 3.8) is 0 Å². The summed E-state index contributed by atoms with van der Waals surface area (Å²) in [6, 6.07) is 8.29. The first-order valence-corrected chi connectivity index (χ1v) is 7.53. The summed E-state index contributed by atoms with van der Waals surface area (Å²) in [5.74, 6) is 0.945. The molecule has 1 amide bonds. The maximum Gasteiger partial charge on any atom is 0.227 e. The Morgan fingerprint density at radius 2 is 2.33 bits per heavy atom. The van der Waals surface area contributed by atoms with E-state index in [1.807, 2.05) is 38.1 Å². The van der Waals surface area contributed by atoms with Crippen molar-refractivity contribution in [2.45, 2.75) is 39.8 Å². The summed E-state index contributed by atoms with van der Waals surface area (Å²) in [5.41, 5.74) is 1.95. The predicted octanol–water partition coefficient (Wildman–Crippen LogP) is 2.11. The molecule has 0 saturated carbocycles. The van der Waals surface area contributed by atoms with Crippen molar-refractivity contribution < 1.29 is 4.79 Å². The van der Waals surface area contributed by atoms with E-state index in [0.29, 0.717) is 12.6 Å². The van der Waals surface area contributed by atoms with Gasteiger partial charge in [0, 0.05) is 24.2 Å². The zero-order chi connectivity index (χ0) is 15.2. The van der Waals surface area contributed by atoms with E-state index in [9.17, 15) is 4.79 Å². The van der Waals surface area contributed by atoms with Crippen LogP contribution in [-0.2, 0) is 11.3 Å². The van der Waals surface area contributed by atoms with Crippen molar-refractivity contribution in [1.29, 1.82) is 0 Å². The Bertz CT molecular complexity index is 527. The Hall–Kier alpha value is -2.04. The first-order chi connectivity index (χ1) is 10.1. The number of hydrogen-bond donors (Lipinski definition) is 3. The van der Waals surface area contributed by atoms with Crippen molar-refractivity contribution in [2.24, 2.45) is 10.9 Å². The van der Waals surface area contributed by atoms with Gasteiger partial charge in [0.25, 0.3) is 0 Å². The van der Waals surface area contributed by atoms with Crippen LogP contribution in [0.2, 0.25) is 0 Å². The van der Waals surface area contributed by atoms with Crippen LogP contribution in [0.15, 0.2) is 29.3 Å². The molecule has 0 bridgehead atoms. The van der Waals surface area contributed by atoms with Crippen LogP contribution in [0.3, 0.4) is 0 Å². The zero-order valence-corrected chi connectivity index (χ0v) is 12.9. The molecule has 3 N–H and O–H groups in total. The summed E-state index contributed by atoms with van der Waals surface area (Å²) in [7, 11) is 0. The Morgan fingerprint density at radius 1 is 1.52 bits per heavy atom. The summed E-state index contributed by atoms with van der Waals surface area (Å²) < 4.78 is 0. The second kappa shape index (κ2) is 7.11. The highest BCUT2D eigenvalue weighted by Crippen LogP contribution is 2.13. The van der Waals surface area contributed by atoms with Gasteiger partial charge in [0.1, 0.15) is 0 Å². The molecule has 1 aromatic carbocycles. The number of rotatable bonds is 5. The minimum Gasteiger partial charge on any atom is -0.352 e. The smallest absolute Gasteiger partial charge is 0.227 e. The van der Waals surface area contributed by atoms with Gasteiger partial charge in [0.2, 0.25) is 5.91 Å². The number of anilines is 1. The molecular weight excluding hydrogens is 264 g/mol. The summed E-state index contributed by atoms with van der Waals surface area (Å²) in [6.45, 7) is 7.55. The van der Waals surface area contributed by atoms with Gasteiger partial charge < -0.3 is 16.0 Å². The molecule has 114 valence electrons. The van der Waals surface area contributed by atoms with Crippen LogP contribution in [0.4, 0.5) is 5.69 Å². The highest BCUT2D eigenvalue weighted by atomic mass is 16.1. The van der Waals surface area contributed by atoms with Gasteiger partial charge in [-0.05, 0) is 31.0 Å². The van der Waals surface area contributed by atoms with Crippen LogP contribution >= 0.6 is 0 Å². The standard InChI is InChI=1S/C16H24N4O/c1-4-11(2)15(21)20-14-7-5-6-13(8-14)10-18-16-17-9-12(3)19-16/h5-8,11-12H,4,9-10H2,1-3H3,(H,20,21)(H2,17,18,19). The van der Waals surface area contributed by atoms with Crippen LogP contribution in [0, 0.1) is 5.92 Å². The minimum atomic E-state index is 0.0327. The fourth-order valence-corrected chi connectivity index (χ4v) is 2.06. The number of hydrogen-bond acceptors (Lipinski definition) is 4. The molecule has 0 aliphatic carbocycles. The van der Waals surface area contributed by atoms with Gasteiger partial charge in [-0.25, -0.2) is 0 Å². The number of carbonyl (C=O) groups excluding carboxylic acids is 1. The number of carbonyl (C=O) groups is 1. The van der Waals surface area contributed by atoms with Gasteiger partial charge in [-0.3, -0.25) is 9.79 Å². The molecule has 0 radical (unpaired) electrons. The maximum atomic E-state index is 11.9. The van der Waals surface area contributed by atoms with E-state index in [0.717, 1.165) is 30.2 Å². The fraction of sp³-hybridized carbons (Fsp3) is 0.500. The van der Waals surface area contributed by atoms with E-state index < -0.39 is 0 Å². The van der Waals surface area contributed by atoms with Gasteiger partial charge in [-0.2, -0.15) is 0 Å². The fourth-order valence-electron chi connectivity index (χ4n) is 2.06. The third kappa shape index (κ3) is 4.48. The largest absolute Gasteiger partial charge is 0.352 e. The second-order valence-corrected chi connectivity index (χ2v) is 5.59. The monoisotopic (exact) mass is 288 g/mol. The number of benzene rings is 1. The Kier molecular flexibility index (Phi) is 5.20. The van der Waals surface area contributed by atoms with Gasteiger partial charge in [0.05, 0.1) is 6.54 Å². The lowest BCUT2D eigenvalue weighted by atomic mass is 10.1. The third-order valence-electron chi connectivity index (χ3n) is 3.62. The first kappa shape index (κ1) is 15.4.